The van der Waals surface area contributed by atoms with Crippen molar-refractivity contribution in [3.63, 3.8) is 0 Å². The smallest absolute Gasteiger partial charge is 0.0918 e. The lowest BCUT2D eigenvalue weighted by Crippen LogP contribution is -2.08. The van der Waals surface area contributed by atoms with E-state index >= 15 is 0 Å². The summed E-state index contributed by atoms with van der Waals surface area (Å²) in [7, 11) is 0. The summed E-state index contributed by atoms with van der Waals surface area (Å²) in [6.07, 6.45) is 46.5. The van der Waals surface area contributed by atoms with E-state index in [0.29, 0.717) is 5.92 Å². The summed E-state index contributed by atoms with van der Waals surface area (Å²) in [5.41, 5.74) is 0. The third kappa shape index (κ3) is 36.9. The van der Waals surface area contributed by atoms with Crippen LogP contribution in [0.2, 0.25) is 0 Å². The average molecular weight is 787 g/mol. The topological polar surface area (TPSA) is 27.7 Å². The van der Waals surface area contributed by atoms with E-state index in [9.17, 15) is 0 Å². The number of hydrogen-bond acceptors (Lipinski definition) is 3. The van der Waals surface area contributed by atoms with E-state index in [1.165, 1.54) is 205 Å². The average Bonchev–Trinajstić information content (AvgIpc) is 3.18. The molecule has 0 N–H and O–H groups in total. The van der Waals surface area contributed by atoms with E-state index in [1.807, 2.05) is 0 Å². The Morgan fingerprint density at radius 3 is 0.946 bits per heavy atom. The van der Waals surface area contributed by atoms with Crippen LogP contribution in [0.5, 0.6) is 0 Å². The molecule has 0 radical (unpaired) electrons. The second-order valence-electron chi connectivity index (χ2n) is 17.8. The van der Waals surface area contributed by atoms with Gasteiger partial charge in [-0.05, 0) is 43.9 Å². The zero-order valence-electron chi connectivity index (χ0n) is 39.2. The van der Waals surface area contributed by atoms with Gasteiger partial charge in [0, 0.05) is 18.8 Å². The minimum atomic E-state index is 0.525. The number of allylic oxidation sites excluding steroid dienone is 3. The van der Waals surface area contributed by atoms with E-state index in [-0.39, 0.29) is 0 Å². The highest BCUT2D eigenvalue weighted by molar-refractivity contribution is 4.91. The minimum Gasteiger partial charge on any atom is -0.499 e. The molecule has 0 aliphatic carbocycles. The first kappa shape index (κ1) is 54.6. The first-order chi connectivity index (χ1) is 27.4. The molecule has 0 aromatic rings. The molecule has 0 rings (SSSR count). The van der Waals surface area contributed by atoms with E-state index in [4.69, 9.17) is 14.2 Å². The van der Waals surface area contributed by atoms with Crippen LogP contribution >= 0.6 is 0 Å². The van der Waals surface area contributed by atoms with Crippen molar-refractivity contribution >= 4 is 0 Å². The molecule has 1 unspecified atom stereocenters. The van der Waals surface area contributed by atoms with E-state index < -0.39 is 0 Å². The fraction of sp³-hybridized carbons (Fsp3) is 0.887. The fourth-order valence-electron chi connectivity index (χ4n) is 8.31. The summed E-state index contributed by atoms with van der Waals surface area (Å²) < 4.78 is 18.4. The van der Waals surface area contributed by atoms with E-state index in [2.05, 4.69) is 54.4 Å². The van der Waals surface area contributed by atoms with Crippen LogP contribution < -0.4 is 0 Å². The molecule has 0 saturated heterocycles. The van der Waals surface area contributed by atoms with Crippen LogP contribution in [0.25, 0.3) is 0 Å². The molecule has 0 aliphatic heterocycles. The van der Waals surface area contributed by atoms with Crippen molar-refractivity contribution in [3.05, 3.63) is 37.0 Å². The molecule has 0 aromatic heterocycles. The van der Waals surface area contributed by atoms with Gasteiger partial charge >= 0.3 is 0 Å². The molecule has 0 aromatic carbocycles. The van der Waals surface area contributed by atoms with Crippen molar-refractivity contribution in [2.45, 2.75) is 266 Å². The third-order valence-electron chi connectivity index (χ3n) is 12.1. The van der Waals surface area contributed by atoms with Gasteiger partial charge < -0.3 is 14.2 Å². The van der Waals surface area contributed by atoms with Gasteiger partial charge in [0.15, 0.2) is 0 Å². The number of rotatable bonds is 47. The van der Waals surface area contributed by atoms with Crippen LogP contribution in [0.1, 0.15) is 266 Å². The number of unbranched alkanes of at least 4 members (excludes halogenated alkanes) is 21. The Hall–Kier alpha value is -1.38. The monoisotopic (exact) mass is 787 g/mol. The Bertz CT molecular complexity index is 828. The summed E-state index contributed by atoms with van der Waals surface area (Å²) >= 11 is 0. The van der Waals surface area contributed by atoms with Gasteiger partial charge in [-0.1, -0.05) is 241 Å². The van der Waals surface area contributed by atoms with Crippen LogP contribution in [0.4, 0.5) is 0 Å². The summed E-state index contributed by atoms with van der Waals surface area (Å²) in [5.74, 6) is 5.18. The van der Waals surface area contributed by atoms with Gasteiger partial charge in [0.05, 0.1) is 37.1 Å². The summed E-state index contributed by atoms with van der Waals surface area (Å²) in [4.78, 5) is 0. The standard InChI is InChI=1S/C53H102O3/c1-9-14-29-37-51(38-30-15-10-2)46-48(6)54-44-35-27-23-20-19-21-25-33-41-53(50(8)56-43-18-13-5)42-34-26-22-24-28-36-45-55-49(7)47-52(39-31-16-11-3)40-32-17-12-4/h51-53H,6-47H2,1-5H3. The lowest BCUT2D eigenvalue weighted by Gasteiger charge is -2.20. The van der Waals surface area contributed by atoms with Crippen molar-refractivity contribution < 1.29 is 14.2 Å². The maximum absolute atomic E-state index is 6.14. The van der Waals surface area contributed by atoms with Crippen molar-refractivity contribution in [1.29, 1.82) is 0 Å². The summed E-state index contributed by atoms with van der Waals surface area (Å²) in [6, 6.07) is 0. The molecule has 3 heteroatoms. The van der Waals surface area contributed by atoms with E-state index in [1.54, 1.807) is 0 Å². The largest absolute Gasteiger partial charge is 0.499 e. The normalized spacial score (nSPS) is 12.1. The van der Waals surface area contributed by atoms with Crippen LogP contribution in [0, 0.1) is 17.8 Å². The maximum Gasteiger partial charge on any atom is 0.0918 e. The third-order valence-corrected chi connectivity index (χ3v) is 12.1. The zero-order chi connectivity index (χ0) is 41.2. The van der Waals surface area contributed by atoms with Crippen LogP contribution in [-0.2, 0) is 14.2 Å². The van der Waals surface area contributed by atoms with Gasteiger partial charge in [0.25, 0.3) is 0 Å². The Kier molecular flexibility index (Phi) is 42.1. The molecule has 0 spiro atoms. The highest BCUT2D eigenvalue weighted by Crippen LogP contribution is 2.28. The lowest BCUT2D eigenvalue weighted by molar-refractivity contribution is 0.165. The van der Waals surface area contributed by atoms with Crippen LogP contribution in [0.15, 0.2) is 37.0 Å². The quantitative estimate of drug-likeness (QED) is 0.0454. The van der Waals surface area contributed by atoms with Crippen molar-refractivity contribution in [3.8, 4) is 0 Å². The Balaban J connectivity index is 4.14. The van der Waals surface area contributed by atoms with Gasteiger partial charge in [0.1, 0.15) is 0 Å². The van der Waals surface area contributed by atoms with Crippen molar-refractivity contribution in [1.82, 2.24) is 0 Å². The molecule has 332 valence electrons. The molecule has 3 nitrogen and oxygen atoms in total. The fourth-order valence-corrected chi connectivity index (χ4v) is 8.31. The lowest BCUT2D eigenvalue weighted by atomic mass is 9.91. The molecule has 0 aliphatic rings. The molecule has 0 fully saturated rings. The number of ether oxygens (including phenoxy) is 3. The first-order valence-electron chi connectivity index (χ1n) is 25.3. The van der Waals surface area contributed by atoms with E-state index in [0.717, 1.165) is 74.6 Å². The Labute approximate surface area is 353 Å². The SMILES string of the molecule is C=C(CC(CCCCC)CCCCC)OCCCCCCCCCCC(CCCCCCCCOC(=C)CC(CCCCC)CCCCC)C(=C)OCCCC. The second-order valence-corrected chi connectivity index (χ2v) is 17.8. The molecule has 0 heterocycles. The molecular weight excluding hydrogens is 685 g/mol. The summed E-state index contributed by atoms with van der Waals surface area (Å²) in [5, 5.41) is 0. The van der Waals surface area contributed by atoms with Gasteiger partial charge in [-0.25, -0.2) is 0 Å². The van der Waals surface area contributed by atoms with Crippen molar-refractivity contribution in [2.24, 2.45) is 17.8 Å². The second kappa shape index (κ2) is 43.2. The zero-order valence-corrected chi connectivity index (χ0v) is 39.2. The van der Waals surface area contributed by atoms with Crippen LogP contribution in [-0.4, -0.2) is 19.8 Å². The number of hydrogen-bond donors (Lipinski definition) is 0. The highest BCUT2D eigenvalue weighted by Gasteiger charge is 2.15. The summed E-state index contributed by atoms with van der Waals surface area (Å²) in [6.45, 7) is 26.9. The predicted octanol–water partition coefficient (Wildman–Crippen LogP) is 18.6. The van der Waals surface area contributed by atoms with Gasteiger partial charge in [-0.3, -0.25) is 0 Å². The minimum absolute atomic E-state index is 0.525. The molecule has 0 amide bonds. The highest BCUT2D eigenvalue weighted by atomic mass is 16.5. The molecule has 0 bridgehead atoms. The first-order valence-corrected chi connectivity index (χ1v) is 25.3. The molecule has 0 saturated carbocycles. The predicted molar refractivity (Wildman–Crippen MR) is 250 cm³/mol. The van der Waals surface area contributed by atoms with Crippen molar-refractivity contribution in [2.75, 3.05) is 19.8 Å². The molecular formula is C53H102O3. The maximum atomic E-state index is 6.14. The van der Waals surface area contributed by atoms with Gasteiger partial charge in [-0.15, -0.1) is 0 Å². The van der Waals surface area contributed by atoms with Gasteiger partial charge in [-0.2, -0.15) is 0 Å². The Morgan fingerprint density at radius 2 is 0.607 bits per heavy atom. The molecule has 56 heavy (non-hydrogen) atoms. The van der Waals surface area contributed by atoms with Crippen LogP contribution in [0.3, 0.4) is 0 Å². The van der Waals surface area contributed by atoms with Gasteiger partial charge in [0.2, 0.25) is 0 Å². The Morgan fingerprint density at radius 1 is 0.321 bits per heavy atom. The molecule has 1 atom stereocenters.